The van der Waals surface area contributed by atoms with Crippen molar-refractivity contribution < 1.29 is 0 Å². The molecule has 0 spiro atoms. The lowest BCUT2D eigenvalue weighted by molar-refractivity contribution is 0.442. The van der Waals surface area contributed by atoms with Crippen LogP contribution in [0.2, 0.25) is 5.82 Å². The van der Waals surface area contributed by atoms with E-state index >= 15 is 0 Å². The molecule has 1 aliphatic rings. The summed E-state index contributed by atoms with van der Waals surface area (Å²) >= 11 is 0. The number of hydrogen-bond acceptors (Lipinski definition) is 1. The highest BCUT2D eigenvalue weighted by Crippen LogP contribution is 2.24. The van der Waals surface area contributed by atoms with Crippen LogP contribution in [0.3, 0.4) is 0 Å². The average molecular weight is 111 g/mol. The zero-order valence-corrected chi connectivity index (χ0v) is 5.56. The van der Waals surface area contributed by atoms with Crippen molar-refractivity contribution in [1.82, 2.24) is 0 Å². The molecule has 0 amide bonds. The molecule has 0 bridgehead atoms. The van der Waals surface area contributed by atoms with E-state index in [1.165, 1.54) is 25.7 Å². The van der Waals surface area contributed by atoms with Crippen LogP contribution in [0.4, 0.5) is 0 Å². The maximum atomic E-state index is 5.70. The molecule has 1 aliphatic carbocycles. The van der Waals surface area contributed by atoms with Gasteiger partial charge in [-0.15, -0.1) is 0 Å². The Bertz CT molecular complexity index is 56.9. The Kier molecular flexibility index (Phi) is 1.95. The molecule has 0 aromatic carbocycles. The third-order valence-corrected chi connectivity index (χ3v) is 2.06. The summed E-state index contributed by atoms with van der Waals surface area (Å²) in [6, 6.07) is 0.520. The first-order valence-corrected chi connectivity index (χ1v) is 3.54. The molecule has 1 saturated carbocycles. The molecular formula is C6H14BN. The largest absolute Gasteiger partial charge is 0.328 e. The van der Waals surface area contributed by atoms with Crippen LogP contribution < -0.4 is 5.73 Å². The maximum Gasteiger partial charge on any atom is 0.105 e. The molecule has 0 aromatic heterocycles. The van der Waals surface area contributed by atoms with Gasteiger partial charge in [0, 0.05) is 6.04 Å². The van der Waals surface area contributed by atoms with E-state index in [-0.39, 0.29) is 0 Å². The lowest BCUT2D eigenvalue weighted by Crippen LogP contribution is -2.24. The predicted octanol–water partition coefficient (Wildman–Crippen LogP) is 0.309. The molecular weight excluding hydrogens is 96.9 g/mol. The molecule has 0 heterocycles. The number of rotatable bonds is 0. The van der Waals surface area contributed by atoms with Gasteiger partial charge in [-0.2, -0.15) is 0 Å². The van der Waals surface area contributed by atoms with Gasteiger partial charge in [0.1, 0.15) is 7.85 Å². The lowest BCUT2D eigenvalue weighted by Gasteiger charge is -2.22. The number of hydrogen-bond donors (Lipinski definition) is 1. The molecule has 0 saturated heterocycles. The summed E-state index contributed by atoms with van der Waals surface area (Å²) in [6.07, 6.45) is 5.20. The summed E-state index contributed by atoms with van der Waals surface area (Å²) in [5, 5.41) is 0. The fraction of sp³-hybridized carbons (Fsp3) is 1.00. The lowest BCUT2D eigenvalue weighted by atomic mass is 9.74. The molecule has 1 fully saturated rings. The minimum Gasteiger partial charge on any atom is -0.328 e. The summed E-state index contributed by atoms with van der Waals surface area (Å²) < 4.78 is 0. The summed E-state index contributed by atoms with van der Waals surface area (Å²) in [5.74, 6) is 0.940. The first-order chi connectivity index (χ1) is 3.79. The Balaban J connectivity index is 2.19. The van der Waals surface area contributed by atoms with Crippen molar-refractivity contribution in [2.45, 2.75) is 37.5 Å². The Morgan fingerprint density at radius 2 is 1.62 bits per heavy atom. The van der Waals surface area contributed by atoms with Crippen LogP contribution in [0.25, 0.3) is 0 Å². The van der Waals surface area contributed by atoms with Crippen molar-refractivity contribution in [3.05, 3.63) is 0 Å². The minimum absolute atomic E-state index is 0.520. The fourth-order valence-electron chi connectivity index (χ4n) is 1.29. The van der Waals surface area contributed by atoms with E-state index in [2.05, 4.69) is 7.85 Å². The minimum atomic E-state index is 0.520. The topological polar surface area (TPSA) is 26.0 Å². The highest BCUT2D eigenvalue weighted by Gasteiger charge is 2.13. The van der Waals surface area contributed by atoms with E-state index in [4.69, 9.17) is 5.73 Å². The van der Waals surface area contributed by atoms with Gasteiger partial charge in [0.25, 0.3) is 0 Å². The van der Waals surface area contributed by atoms with Gasteiger partial charge in [-0.25, -0.2) is 0 Å². The maximum absolute atomic E-state index is 5.70. The van der Waals surface area contributed by atoms with Crippen molar-refractivity contribution in [2.24, 2.45) is 5.73 Å². The fourth-order valence-corrected chi connectivity index (χ4v) is 1.29. The van der Waals surface area contributed by atoms with Crippen LogP contribution in [-0.2, 0) is 0 Å². The first kappa shape index (κ1) is 6.15. The van der Waals surface area contributed by atoms with Crippen molar-refractivity contribution in [1.29, 1.82) is 0 Å². The van der Waals surface area contributed by atoms with Gasteiger partial charge >= 0.3 is 0 Å². The second-order valence-corrected chi connectivity index (χ2v) is 3.02. The molecule has 2 heteroatoms. The zero-order valence-electron chi connectivity index (χ0n) is 5.56. The molecule has 8 heavy (non-hydrogen) atoms. The summed E-state index contributed by atoms with van der Waals surface area (Å²) in [6.45, 7) is 0. The average Bonchev–Trinajstić information content (AvgIpc) is 1.77. The highest BCUT2D eigenvalue weighted by atomic mass is 14.6. The van der Waals surface area contributed by atoms with Crippen molar-refractivity contribution in [3.8, 4) is 0 Å². The van der Waals surface area contributed by atoms with Crippen molar-refractivity contribution in [3.63, 3.8) is 0 Å². The second-order valence-electron chi connectivity index (χ2n) is 3.02. The monoisotopic (exact) mass is 111 g/mol. The van der Waals surface area contributed by atoms with Gasteiger partial charge in [-0.05, 0) is 12.8 Å². The molecule has 0 atom stereocenters. The van der Waals surface area contributed by atoms with Gasteiger partial charge in [-0.1, -0.05) is 18.7 Å². The standard InChI is InChI=1S/C6H14BN/c7-5-1-3-6(8)4-2-5/h5-6H,1-4,7-8H2. The van der Waals surface area contributed by atoms with Crippen LogP contribution in [0.5, 0.6) is 0 Å². The number of nitrogens with two attached hydrogens (primary N) is 1. The van der Waals surface area contributed by atoms with Gasteiger partial charge in [0.05, 0.1) is 0 Å². The third-order valence-electron chi connectivity index (χ3n) is 2.06. The van der Waals surface area contributed by atoms with E-state index in [0.717, 1.165) is 5.82 Å². The zero-order chi connectivity index (χ0) is 5.98. The van der Waals surface area contributed by atoms with Crippen LogP contribution in [0.15, 0.2) is 0 Å². The van der Waals surface area contributed by atoms with Gasteiger partial charge in [-0.3, -0.25) is 0 Å². The SMILES string of the molecule is BC1CCC(N)CC1. The van der Waals surface area contributed by atoms with Crippen LogP contribution >= 0.6 is 0 Å². The van der Waals surface area contributed by atoms with E-state index in [1.807, 2.05) is 0 Å². The molecule has 1 rings (SSSR count). The highest BCUT2D eigenvalue weighted by molar-refractivity contribution is 6.11. The summed E-state index contributed by atoms with van der Waals surface area (Å²) in [4.78, 5) is 0. The Labute approximate surface area is 52.0 Å². The normalized spacial score (nSPS) is 39.6. The Hall–Kier alpha value is 0.0249. The molecule has 0 unspecified atom stereocenters. The van der Waals surface area contributed by atoms with E-state index < -0.39 is 0 Å². The van der Waals surface area contributed by atoms with Crippen LogP contribution in [0, 0.1) is 0 Å². The van der Waals surface area contributed by atoms with Gasteiger partial charge < -0.3 is 5.73 Å². The molecule has 0 radical (unpaired) electrons. The molecule has 0 aromatic rings. The first-order valence-electron chi connectivity index (χ1n) is 3.54. The van der Waals surface area contributed by atoms with Crippen LogP contribution in [0.1, 0.15) is 25.7 Å². The summed E-state index contributed by atoms with van der Waals surface area (Å²) in [7, 11) is 2.31. The van der Waals surface area contributed by atoms with Gasteiger partial charge in [0.15, 0.2) is 0 Å². The smallest absolute Gasteiger partial charge is 0.105 e. The van der Waals surface area contributed by atoms with Crippen molar-refractivity contribution >= 4 is 7.85 Å². The Morgan fingerprint density at radius 1 is 1.12 bits per heavy atom. The van der Waals surface area contributed by atoms with Crippen LogP contribution in [-0.4, -0.2) is 13.9 Å². The molecule has 2 N–H and O–H groups in total. The molecule has 0 aliphatic heterocycles. The Morgan fingerprint density at radius 3 is 2.00 bits per heavy atom. The van der Waals surface area contributed by atoms with E-state index in [0.29, 0.717) is 6.04 Å². The van der Waals surface area contributed by atoms with E-state index in [1.54, 1.807) is 0 Å². The van der Waals surface area contributed by atoms with E-state index in [9.17, 15) is 0 Å². The predicted molar refractivity (Wildman–Crippen MR) is 38.7 cm³/mol. The third kappa shape index (κ3) is 1.51. The molecule has 1 nitrogen and oxygen atoms in total. The van der Waals surface area contributed by atoms with Crippen molar-refractivity contribution in [2.75, 3.05) is 0 Å². The second kappa shape index (κ2) is 2.54. The molecule has 46 valence electrons. The summed E-state index contributed by atoms with van der Waals surface area (Å²) in [5.41, 5.74) is 5.70. The van der Waals surface area contributed by atoms with Gasteiger partial charge in [0.2, 0.25) is 0 Å². The quantitative estimate of drug-likeness (QED) is 0.447.